The Kier molecular flexibility index (Phi) is 28.6. The third-order valence-corrected chi connectivity index (χ3v) is 4.72. The van der Waals surface area contributed by atoms with Crippen LogP contribution in [0.1, 0.15) is 102 Å². The fraction of sp³-hybridized carbons (Fsp3) is 0.727. The van der Waals surface area contributed by atoms with E-state index >= 15 is 0 Å². The van der Waals surface area contributed by atoms with E-state index in [-0.39, 0.29) is 19.5 Å². The Balaban J connectivity index is -0.000000686. The van der Waals surface area contributed by atoms with Crippen LogP contribution in [0.5, 0.6) is 0 Å². The smallest absolute Gasteiger partial charge is 0.319 e. The van der Waals surface area contributed by atoms with E-state index in [2.05, 4.69) is 61.7 Å². The van der Waals surface area contributed by atoms with Crippen molar-refractivity contribution >= 4 is 37.1 Å². The van der Waals surface area contributed by atoms with E-state index in [4.69, 9.17) is 29.4 Å². The molecule has 1 rings (SSSR count). The molecule has 0 radical (unpaired) electrons. The summed E-state index contributed by atoms with van der Waals surface area (Å²) in [4.78, 5) is 45.3. The minimum absolute atomic E-state index is 0. The van der Waals surface area contributed by atoms with Crippen molar-refractivity contribution < 1.29 is 48.8 Å². The van der Waals surface area contributed by atoms with Gasteiger partial charge in [0.1, 0.15) is 0 Å². The summed E-state index contributed by atoms with van der Waals surface area (Å²) >= 11 is 7.21. The van der Waals surface area contributed by atoms with Crippen molar-refractivity contribution in [3.8, 4) is 0 Å². The van der Waals surface area contributed by atoms with Crippen LogP contribution in [-0.4, -0.2) is 29.4 Å². The molecule has 0 saturated carbocycles. The minimum Gasteiger partial charge on any atom is -0.325 e. The average molecular weight is 596 g/mol. The average Bonchev–Trinajstić information content (AvgIpc) is 2.65. The van der Waals surface area contributed by atoms with E-state index in [9.17, 15) is 0 Å². The Morgan fingerprint density at radius 3 is 1.06 bits per heavy atom. The molecule has 11 heteroatoms. The topological polar surface area (TPSA) is 121 Å². The number of rotatable bonds is 14. The van der Waals surface area contributed by atoms with E-state index in [1.807, 2.05) is 0 Å². The Hall–Kier alpha value is 0.903. The fourth-order valence-corrected chi connectivity index (χ4v) is 3.24. The second-order valence-corrected chi connectivity index (χ2v) is 12.8. The van der Waals surface area contributed by atoms with Gasteiger partial charge in [0.15, 0.2) is 0 Å². The molecule has 1 aromatic carbocycles. The maximum atomic E-state index is 7.56. The molecule has 0 unspecified atom stereocenters. The van der Waals surface area contributed by atoms with Crippen molar-refractivity contribution in [1.29, 1.82) is 0 Å². The van der Waals surface area contributed by atoms with Crippen molar-refractivity contribution in [2.45, 2.75) is 104 Å². The number of aryl methyl sites for hydroxylation is 2. The summed E-state index contributed by atoms with van der Waals surface area (Å²) in [5, 5.41) is 0. The van der Waals surface area contributed by atoms with Gasteiger partial charge in [0.2, 0.25) is 0 Å². The summed E-state index contributed by atoms with van der Waals surface area (Å²) in [6.45, 7) is -3.03. The molecule has 33 heavy (non-hydrogen) atoms. The summed E-state index contributed by atoms with van der Waals surface area (Å²) in [5.74, 6) is 0. The Morgan fingerprint density at radius 1 is 0.545 bits per heavy atom. The van der Waals surface area contributed by atoms with Gasteiger partial charge in [-0.25, -0.2) is 0 Å². The van der Waals surface area contributed by atoms with Crippen LogP contribution in [0.3, 0.4) is 0 Å². The summed E-state index contributed by atoms with van der Waals surface area (Å²) in [5.41, 5.74) is 3.23. The molecule has 0 amide bonds. The molecule has 0 aliphatic carbocycles. The van der Waals surface area contributed by atoms with Crippen LogP contribution < -0.4 is 0 Å². The fourth-order valence-electron chi connectivity index (χ4n) is 3.24. The zero-order chi connectivity index (χ0) is 24.9. The minimum atomic E-state index is -3.81. The van der Waals surface area contributed by atoms with Crippen LogP contribution in [0.25, 0.3) is 0 Å². The molecule has 192 valence electrons. The summed E-state index contributed by atoms with van der Waals surface area (Å²) < 4.78 is 0. The molecule has 6 nitrogen and oxygen atoms in total. The molecular weight excluding hydrogens is 552 g/mol. The van der Waals surface area contributed by atoms with E-state index in [0.717, 1.165) is 0 Å². The van der Waals surface area contributed by atoms with Gasteiger partial charge >= 0.3 is 13.4 Å². The van der Waals surface area contributed by atoms with Crippen LogP contribution in [-0.2, 0) is 55.9 Å². The van der Waals surface area contributed by atoms with E-state index in [0.29, 0.717) is 0 Å². The first-order valence-corrected chi connectivity index (χ1v) is 16.8. The van der Waals surface area contributed by atoms with Crippen LogP contribution in [0.4, 0.5) is 0 Å². The SMILES string of the molecule is CCCCCCCCc1ccccc1CCCCCCCC.OP(O)(O)=S.OP(O)(O)=S.[Zn]. The second kappa shape index (κ2) is 24.6. The van der Waals surface area contributed by atoms with E-state index < -0.39 is 13.4 Å². The third kappa shape index (κ3) is 40.4. The number of benzene rings is 1. The first kappa shape index (κ1) is 38.4. The normalized spacial score (nSPS) is 10.9. The molecule has 0 aliphatic heterocycles. The summed E-state index contributed by atoms with van der Waals surface area (Å²) in [6, 6.07) is 9.16. The van der Waals surface area contributed by atoms with Gasteiger partial charge in [-0.2, -0.15) is 0 Å². The van der Waals surface area contributed by atoms with Crippen LogP contribution in [0.15, 0.2) is 24.3 Å². The van der Waals surface area contributed by atoms with E-state index in [1.165, 1.54) is 89.9 Å². The maximum absolute atomic E-state index is 7.56. The van der Waals surface area contributed by atoms with Gasteiger partial charge in [-0.3, -0.25) is 0 Å². The van der Waals surface area contributed by atoms with Gasteiger partial charge in [-0.05, 0) is 60.4 Å². The van der Waals surface area contributed by atoms with Crippen molar-refractivity contribution in [1.82, 2.24) is 0 Å². The quantitative estimate of drug-likeness (QED) is 0.0898. The van der Waals surface area contributed by atoms with Crippen molar-refractivity contribution in [2.75, 3.05) is 0 Å². The number of unbranched alkanes of at least 4 members (excludes halogenated alkanes) is 10. The Bertz CT molecular complexity index is 584. The molecule has 0 heterocycles. The monoisotopic (exact) mass is 594 g/mol. The van der Waals surface area contributed by atoms with Gasteiger partial charge in [0, 0.05) is 19.5 Å². The molecule has 0 saturated heterocycles. The molecule has 0 bridgehead atoms. The number of hydrogen-bond donors (Lipinski definition) is 6. The van der Waals surface area contributed by atoms with Gasteiger partial charge < -0.3 is 29.4 Å². The summed E-state index contributed by atoms with van der Waals surface area (Å²) in [6.07, 6.45) is 19.4. The molecular formula is C22H44O6P2S2Zn. The first-order chi connectivity index (χ1) is 14.9. The van der Waals surface area contributed by atoms with Crippen LogP contribution >= 0.6 is 13.4 Å². The first-order valence-electron chi connectivity index (χ1n) is 11.5. The number of hydrogen-bond acceptors (Lipinski definition) is 2. The predicted octanol–water partition coefficient (Wildman–Crippen LogP) is 5.87. The van der Waals surface area contributed by atoms with Crippen molar-refractivity contribution in [2.24, 2.45) is 0 Å². The van der Waals surface area contributed by atoms with Crippen LogP contribution in [0, 0.1) is 0 Å². The Morgan fingerprint density at radius 2 is 0.788 bits per heavy atom. The van der Waals surface area contributed by atoms with Gasteiger partial charge in [-0.15, -0.1) is 0 Å². The van der Waals surface area contributed by atoms with Gasteiger partial charge in [0.25, 0.3) is 0 Å². The summed E-state index contributed by atoms with van der Waals surface area (Å²) in [7, 11) is 0. The second-order valence-electron chi connectivity index (χ2n) is 7.83. The van der Waals surface area contributed by atoms with Crippen molar-refractivity contribution in [3.63, 3.8) is 0 Å². The van der Waals surface area contributed by atoms with Gasteiger partial charge in [-0.1, -0.05) is 102 Å². The molecule has 0 fully saturated rings. The molecule has 1 aromatic rings. The largest absolute Gasteiger partial charge is 0.325 e. The third-order valence-electron chi connectivity index (χ3n) is 4.72. The predicted molar refractivity (Wildman–Crippen MR) is 142 cm³/mol. The van der Waals surface area contributed by atoms with E-state index in [1.54, 1.807) is 11.1 Å². The zero-order valence-electron chi connectivity index (χ0n) is 20.3. The molecule has 6 N–H and O–H groups in total. The molecule has 0 spiro atoms. The van der Waals surface area contributed by atoms with Crippen LogP contribution in [0.2, 0.25) is 0 Å². The standard InChI is InChI=1S/C22H38.2H3O3PS.Zn/c1-3-5-7-9-11-13-17-21-19-15-16-20-22(21)18-14-12-10-8-6-4-2;2*1-4(2,3)5;/h15-16,19-20H,3-14,17-18H2,1-2H3;2*(H3,1,2,3,5);. The zero-order valence-corrected chi connectivity index (χ0v) is 26.7. The van der Waals surface area contributed by atoms with Gasteiger partial charge in [0.05, 0.1) is 0 Å². The maximum Gasteiger partial charge on any atom is 0.319 e. The molecule has 0 aromatic heterocycles. The molecule has 0 aliphatic rings. The van der Waals surface area contributed by atoms with Crippen molar-refractivity contribution in [3.05, 3.63) is 35.4 Å². The molecule has 0 atom stereocenters. The Labute approximate surface area is 224 Å².